The number of fused-ring (bicyclic) bond motifs is 1. The van der Waals surface area contributed by atoms with E-state index in [1.54, 1.807) is 0 Å². The van der Waals surface area contributed by atoms with E-state index in [0.717, 1.165) is 16.9 Å². The van der Waals surface area contributed by atoms with Crippen LogP contribution in [0.2, 0.25) is 0 Å². The monoisotopic (exact) mass is 423 g/mol. The molecule has 0 unspecified atom stereocenters. The number of aromatic amines is 1. The molecule has 3 N–H and O–H groups in total. The summed E-state index contributed by atoms with van der Waals surface area (Å²) in [6.07, 6.45) is 7.54. The summed E-state index contributed by atoms with van der Waals surface area (Å²) < 4.78 is 4.16. The van der Waals surface area contributed by atoms with Gasteiger partial charge in [-0.25, -0.2) is 4.57 Å². The van der Waals surface area contributed by atoms with Gasteiger partial charge in [0.1, 0.15) is 0 Å². The Morgan fingerprint density at radius 3 is 2.19 bits per heavy atom. The Labute approximate surface area is 186 Å². The molecule has 0 amide bonds. The first kappa shape index (κ1) is 19.7. The smallest absolute Gasteiger partial charge is 0.307 e. The van der Waals surface area contributed by atoms with Crippen LogP contribution in [0, 0.1) is 0 Å². The van der Waals surface area contributed by atoms with Gasteiger partial charge in [0.05, 0.1) is 6.54 Å². The van der Waals surface area contributed by atoms with Gasteiger partial charge in [-0.3, -0.25) is 4.98 Å². The molecule has 0 atom stereocenters. The van der Waals surface area contributed by atoms with Crippen LogP contribution < -0.4 is 19.8 Å². The molecule has 0 bridgehead atoms. The van der Waals surface area contributed by atoms with Crippen molar-refractivity contribution in [1.29, 1.82) is 0 Å². The maximum absolute atomic E-state index is 5.91. The highest BCUT2D eigenvalue weighted by Crippen LogP contribution is 2.21. The van der Waals surface area contributed by atoms with E-state index in [4.69, 9.17) is 5.73 Å². The molecule has 0 aliphatic heterocycles. The number of anilines is 2. The Balaban J connectivity index is 1.33. The third-order valence-corrected chi connectivity index (χ3v) is 5.63. The van der Waals surface area contributed by atoms with Crippen molar-refractivity contribution < 1.29 is 9.13 Å². The van der Waals surface area contributed by atoms with Gasteiger partial charge < -0.3 is 10.6 Å². The Kier molecular flexibility index (Phi) is 4.99. The lowest BCUT2D eigenvalue weighted by atomic mass is 10.0. The van der Waals surface area contributed by atoms with Crippen molar-refractivity contribution in [3.63, 3.8) is 0 Å². The van der Waals surface area contributed by atoms with E-state index >= 15 is 0 Å². The van der Waals surface area contributed by atoms with E-state index in [0.29, 0.717) is 12.4 Å². The molecule has 0 aliphatic rings. The summed E-state index contributed by atoms with van der Waals surface area (Å²) in [4.78, 5) is 13.6. The van der Waals surface area contributed by atoms with Gasteiger partial charge in [0, 0.05) is 44.0 Å². The minimum absolute atomic E-state index is 0.458. The number of H-pyrrole nitrogens is 1. The maximum Gasteiger partial charge on any atom is 0.307 e. The van der Waals surface area contributed by atoms with Crippen molar-refractivity contribution in [2.24, 2.45) is 0 Å². The lowest BCUT2D eigenvalue weighted by Gasteiger charge is -2.10. The molecule has 2 aromatic carbocycles. The average Bonchev–Trinajstić information content (AvgIpc) is 3.24. The van der Waals surface area contributed by atoms with Gasteiger partial charge in [0.25, 0.3) is 0 Å². The number of nitrogens with one attached hydrogen (secondary N) is 1. The predicted molar refractivity (Wildman–Crippen MR) is 125 cm³/mol. The van der Waals surface area contributed by atoms with Gasteiger partial charge in [-0.2, -0.15) is 9.55 Å². The second-order valence-corrected chi connectivity index (χ2v) is 7.96. The first-order chi connectivity index (χ1) is 15.6. The minimum Gasteiger partial charge on any atom is -0.380 e. The van der Waals surface area contributed by atoms with Crippen LogP contribution in [0.15, 0.2) is 85.7 Å². The highest BCUT2D eigenvalue weighted by atomic mass is 15.1. The standard InChI is InChI=1S/C25H24N7/c1-30(2)21-11-13-31(14-12-21)22-9-7-20(8-10-22)19-5-3-18(4-6-19)15-32-17-29-23-24(26)27-16-28-25(23)32/h3-14,16-17H,15H2,1-2H3,(H2,26,27,28)/q+1/p+1. The van der Waals surface area contributed by atoms with Crippen LogP contribution in [-0.4, -0.2) is 29.0 Å². The summed E-state index contributed by atoms with van der Waals surface area (Å²) in [5.41, 5.74) is 13.3. The summed E-state index contributed by atoms with van der Waals surface area (Å²) in [5, 5.41) is 0. The molecule has 3 aromatic heterocycles. The number of imidazole rings is 1. The van der Waals surface area contributed by atoms with Crippen molar-refractivity contribution in [2.75, 3.05) is 24.7 Å². The fourth-order valence-corrected chi connectivity index (χ4v) is 3.78. The van der Waals surface area contributed by atoms with Gasteiger partial charge in [-0.05, 0) is 28.8 Å². The molecule has 0 saturated heterocycles. The Morgan fingerprint density at radius 2 is 1.53 bits per heavy atom. The summed E-state index contributed by atoms with van der Waals surface area (Å²) in [7, 11) is 4.09. The molecule has 0 spiro atoms. The van der Waals surface area contributed by atoms with Crippen molar-refractivity contribution in [1.82, 2.24) is 15.0 Å². The number of rotatable bonds is 5. The van der Waals surface area contributed by atoms with Crippen molar-refractivity contribution in [2.45, 2.75) is 6.54 Å². The van der Waals surface area contributed by atoms with Crippen molar-refractivity contribution in [3.05, 3.63) is 91.3 Å². The summed E-state index contributed by atoms with van der Waals surface area (Å²) in [6.45, 7) is 0.704. The maximum atomic E-state index is 5.91. The molecular formula is C25H25N7+2. The van der Waals surface area contributed by atoms with E-state index in [9.17, 15) is 0 Å². The van der Waals surface area contributed by atoms with Gasteiger partial charge in [-0.15, -0.1) is 0 Å². The molecule has 0 fully saturated rings. The molecule has 0 saturated carbocycles. The molecule has 32 heavy (non-hydrogen) atoms. The van der Waals surface area contributed by atoms with Crippen molar-refractivity contribution in [3.8, 4) is 16.8 Å². The number of benzene rings is 2. The number of nitrogens with two attached hydrogens (primary N) is 1. The first-order valence-electron chi connectivity index (χ1n) is 10.4. The number of nitrogen functional groups attached to an aromatic ring is 1. The molecule has 0 aliphatic carbocycles. The quantitative estimate of drug-likeness (QED) is 0.426. The Morgan fingerprint density at radius 1 is 0.875 bits per heavy atom. The number of nitrogens with zero attached hydrogens (tertiary/aromatic N) is 5. The lowest BCUT2D eigenvalue weighted by Crippen LogP contribution is -2.33. The molecular weight excluding hydrogens is 398 g/mol. The molecule has 0 radical (unpaired) electrons. The Hall–Kier alpha value is -4.26. The van der Waals surface area contributed by atoms with E-state index in [2.05, 4.69) is 97.5 Å². The fraction of sp³-hybridized carbons (Fsp3) is 0.120. The molecule has 5 aromatic rings. The minimum atomic E-state index is 0.458. The van der Waals surface area contributed by atoms with Crippen LogP contribution in [0.3, 0.4) is 0 Å². The first-order valence-corrected chi connectivity index (χ1v) is 10.4. The van der Waals surface area contributed by atoms with E-state index in [1.807, 2.05) is 25.0 Å². The highest BCUT2D eigenvalue weighted by molar-refractivity contribution is 5.77. The Bertz CT molecular complexity index is 1350. The number of hydrogen-bond acceptors (Lipinski definition) is 4. The van der Waals surface area contributed by atoms with E-state index < -0.39 is 0 Å². The number of hydrogen-bond donors (Lipinski definition) is 2. The zero-order chi connectivity index (χ0) is 22.1. The van der Waals surface area contributed by atoms with E-state index in [-0.39, 0.29) is 0 Å². The average molecular weight is 424 g/mol. The third-order valence-electron chi connectivity index (χ3n) is 5.63. The van der Waals surface area contributed by atoms with Crippen LogP contribution in [-0.2, 0) is 6.54 Å². The number of pyridine rings is 1. The summed E-state index contributed by atoms with van der Waals surface area (Å²) in [6, 6.07) is 21.4. The second-order valence-electron chi connectivity index (χ2n) is 7.96. The zero-order valence-corrected chi connectivity index (χ0v) is 18.1. The van der Waals surface area contributed by atoms with Gasteiger partial charge in [0.15, 0.2) is 30.9 Å². The highest BCUT2D eigenvalue weighted by Gasteiger charge is 2.15. The molecule has 158 valence electrons. The lowest BCUT2D eigenvalue weighted by molar-refractivity contribution is -0.664. The van der Waals surface area contributed by atoms with Crippen LogP contribution >= 0.6 is 0 Å². The molecule has 5 rings (SSSR count). The van der Waals surface area contributed by atoms with Crippen LogP contribution in [0.5, 0.6) is 0 Å². The fourth-order valence-electron chi connectivity index (χ4n) is 3.78. The van der Waals surface area contributed by atoms with Crippen LogP contribution in [0.25, 0.3) is 28.0 Å². The summed E-state index contributed by atoms with van der Waals surface area (Å²) >= 11 is 0. The largest absolute Gasteiger partial charge is 0.380 e. The molecule has 3 heterocycles. The van der Waals surface area contributed by atoms with Crippen LogP contribution in [0.1, 0.15) is 5.56 Å². The van der Waals surface area contributed by atoms with Gasteiger partial charge in [-0.1, -0.05) is 29.2 Å². The van der Waals surface area contributed by atoms with Gasteiger partial charge in [0.2, 0.25) is 11.2 Å². The number of aromatic nitrogens is 5. The van der Waals surface area contributed by atoms with Crippen LogP contribution in [0.4, 0.5) is 11.5 Å². The topological polar surface area (TPSA) is 78.6 Å². The third kappa shape index (κ3) is 3.76. The van der Waals surface area contributed by atoms with Crippen molar-refractivity contribution >= 4 is 22.7 Å². The molecule has 7 heteroatoms. The SMILES string of the molecule is CN(C)c1cc[n+](-c2ccc(-c3ccc(C[n+]4c[nH]c5c(N)ncnc54)cc3)cc2)cc1. The predicted octanol–water partition coefficient (Wildman–Crippen LogP) is 2.89. The second kappa shape index (κ2) is 8.11. The summed E-state index contributed by atoms with van der Waals surface area (Å²) in [5.74, 6) is 0.458. The normalized spacial score (nSPS) is 11.1. The van der Waals surface area contributed by atoms with E-state index in [1.165, 1.54) is 28.7 Å². The molecule has 7 nitrogen and oxygen atoms in total. The zero-order valence-electron chi connectivity index (χ0n) is 18.1. The van der Waals surface area contributed by atoms with Gasteiger partial charge >= 0.3 is 5.65 Å².